The second kappa shape index (κ2) is 11.6. The van der Waals surface area contributed by atoms with Crippen molar-refractivity contribution in [1.82, 2.24) is 29.5 Å². The van der Waals surface area contributed by atoms with E-state index in [1.54, 1.807) is 28.9 Å². The number of nitrogens with zero attached hydrogens (tertiary/aromatic N) is 7. The summed E-state index contributed by atoms with van der Waals surface area (Å²) in [5.74, 6) is 0.926. The van der Waals surface area contributed by atoms with Crippen molar-refractivity contribution in [2.24, 2.45) is 4.99 Å². The Balaban J connectivity index is 1.31. The summed E-state index contributed by atoms with van der Waals surface area (Å²) in [6.07, 6.45) is 7.90. The van der Waals surface area contributed by atoms with E-state index in [9.17, 15) is 13.6 Å². The summed E-state index contributed by atoms with van der Waals surface area (Å²) in [6, 6.07) is 11.8. The van der Waals surface area contributed by atoms with Crippen LogP contribution >= 0.6 is 0 Å². The standard InChI is InChI=1S/C29H31F2N7O/c1-35(2)26-19-25(5-3-4-14-32-26)36-15-17-37(18-16-36)27(39)20-38-29(22-8-12-24(31)13-9-22)33-28(34-38)21-6-10-23(30)11-7-21/h4,6-14,19H,3,5,15-18,20H2,1-2H3/b14-4-,25-19?,32-26?. The lowest BCUT2D eigenvalue weighted by Crippen LogP contribution is -2.49. The summed E-state index contributed by atoms with van der Waals surface area (Å²) < 4.78 is 28.6. The van der Waals surface area contributed by atoms with Crippen molar-refractivity contribution in [2.75, 3.05) is 40.3 Å². The van der Waals surface area contributed by atoms with E-state index in [0.717, 1.165) is 31.8 Å². The van der Waals surface area contributed by atoms with E-state index in [1.165, 1.54) is 30.0 Å². The van der Waals surface area contributed by atoms with Crippen LogP contribution in [0.1, 0.15) is 12.8 Å². The molecule has 1 amide bonds. The van der Waals surface area contributed by atoms with Crippen LogP contribution in [-0.4, -0.2) is 81.5 Å². The monoisotopic (exact) mass is 531 g/mol. The number of rotatable bonds is 5. The molecule has 2 aliphatic rings. The number of aliphatic imine (C=N–C) groups is 1. The van der Waals surface area contributed by atoms with Gasteiger partial charge < -0.3 is 14.7 Å². The van der Waals surface area contributed by atoms with Crippen molar-refractivity contribution in [3.63, 3.8) is 0 Å². The number of amides is 1. The van der Waals surface area contributed by atoms with Crippen LogP contribution in [-0.2, 0) is 11.3 Å². The first-order valence-electron chi connectivity index (χ1n) is 13.0. The number of halogens is 2. The van der Waals surface area contributed by atoms with Crippen LogP contribution in [0.2, 0.25) is 0 Å². The van der Waals surface area contributed by atoms with Gasteiger partial charge >= 0.3 is 0 Å². The van der Waals surface area contributed by atoms with Crippen LogP contribution in [0.15, 0.2) is 77.6 Å². The highest BCUT2D eigenvalue weighted by molar-refractivity contribution is 5.93. The molecule has 5 rings (SSSR count). The second-order valence-corrected chi connectivity index (χ2v) is 9.74. The molecule has 1 aromatic heterocycles. The molecule has 10 heteroatoms. The van der Waals surface area contributed by atoms with Crippen molar-refractivity contribution in [3.05, 3.63) is 84.2 Å². The summed E-state index contributed by atoms with van der Waals surface area (Å²) in [4.78, 5) is 28.7. The number of aromatic nitrogens is 3. The predicted octanol–water partition coefficient (Wildman–Crippen LogP) is 4.19. The number of piperazine rings is 1. The SMILES string of the molecule is CN(C)C1=N/C=C\CCC(N2CCN(C(=O)Cn3nc(-c4ccc(F)cc4)nc3-c3ccc(F)cc3)CC2)=C1. The lowest BCUT2D eigenvalue weighted by molar-refractivity contribution is -0.133. The molecule has 8 nitrogen and oxygen atoms in total. The lowest BCUT2D eigenvalue weighted by Gasteiger charge is -2.37. The maximum Gasteiger partial charge on any atom is 0.244 e. The van der Waals surface area contributed by atoms with Crippen molar-refractivity contribution in [2.45, 2.75) is 19.4 Å². The van der Waals surface area contributed by atoms with Crippen molar-refractivity contribution in [1.29, 1.82) is 0 Å². The Bertz CT molecular complexity index is 1400. The summed E-state index contributed by atoms with van der Waals surface area (Å²) >= 11 is 0. The molecule has 202 valence electrons. The number of amidine groups is 1. The van der Waals surface area contributed by atoms with Crippen LogP contribution in [0, 0.1) is 11.6 Å². The van der Waals surface area contributed by atoms with Gasteiger partial charge in [0.15, 0.2) is 11.6 Å². The van der Waals surface area contributed by atoms with Crippen molar-refractivity contribution >= 4 is 11.7 Å². The fourth-order valence-electron chi connectivity index (χ4n) is 4.64. The highest BCUT2D eigenvalue weighted by Crippen LogP contribution is 2.24. The van der Waals surface area contributed by atoms with Gasteiger partial charge in [0.2, 0.25) is 5.91 Å². The van der Waals surface area contributed by atoms with E-state index >= 15 is 0 Å². The number of hydrogen-bond acceptors (Lipinski definition) is 6. The zero-order chi connectivity index (χ0) is 27.4. The predicted molar refractivity (Wildman–Crippen MR) is 147 cm³/mol. The third-order valence-electron chi connectivity index (χ3n) is 6.83. The van der Waals surface area contributed by atoms with Gasteiger partial charge in [0.05, 0.1) is 0 Å². The van der Waals surface area contributed by atoms with Gasteiger partial charge in [0, 0.05) is 63.3 Å². The minimum Gasteiger partial charge on any atom is -0.371 e. The van der Waals surface area contributed by atoms with Crippen molar-refractivity contribution < 1.29 is 13.6 Å². The van der Waals surface area contributed by atoms with Crippen LogP contribution in [0.4, 0.5) is 8.78 Å². The smallest absolute Gasteiger partial charge is 0.244 e. The molecule has 0 bridgehead atoms. The Hall–Kier alpha value is -4.34. The van der Waals surface area contributed by atoms with Gasteiger partial charge in [-0.3, -0.25) is 4.79 Å². The first-order valence-corrected chi connectivity index (χ1v) is 13.0. The number of carbonyl (C=O) groups excluding carboxylic acids is 1. The Morgan fingerprint density at radius 1 is 0.923 bits per heavy atom. The van der Waals surface area contributed by atoms with Gasteiger partial charge in [-0.25, -0.2) is 23.4 Å². The highest BCUT2D eigenvalue weighted by Gasteiger charge is 2.25. The zero-order valence-electron chi connectivity index (χ0n) is 22.1. The van der Waals surface area contributed by atoms with Gasteiger partial charge in [0.25, 0.3) is 0 Å². The molecule has 2 aromatic carbocycles. The van der Waals surface area contributed by atoms with E-state index in [2.05, 4.69) is 32.1 Å². The molecule has 0 atom stereocenters. The van der Waals surface area contributed by atoms with Crippen LogP contribution in [0.25, 0.3) is 22.8 Å². The molecule has 1 saturated heterocycles. The third-order valence-corrected chi connectivity index (χ3v) is 6.83. The normalized spacial score (nSPS) is 16.7. The largest absolute Gasteiger partial charge is 0.371 e. The lowest BCUT2D eigenvalue weighted by atomic mass is 10.1. The molecule has 0 N–H and O–H groups in total. The molecule has 0 radical (unpaired) electrons. The van der Waals surface area contributed by atoms with E-state index < -0.39 is 0 Å². The maximum atomic E-state index is 13.6. The van der Waals surface area contributed by atoms with E-state index in [1.807, 2.05) is 30.1 Å². The fourth-order valence-corrected chi connectivity index (χ4v) is 4.64. The molecule has 0 saturated carbocycles. The summed E-state index contributed by atoms with van der Waals surface area (Å²) in [5, 5.41) is 4.57. The Morgan fingerprint density at radius 3 is 2.21 bits per heavy atom. The van der Waals surface area contributed by atoms with Crippen molar-refractivity contribution in [3.8, 4) is 22.8 Å². The highest BCUT2D eigenvalue weighted by atomic mass is 19.1. The molecule has 3 aromatic rings. The Morgan fingerprint density at radius 2 is 1.56 bits per heavy atom. The quantitative estimate of drug-likeness (QED) is 0.494. The van der Waals surface area contributed by atoms with Crippen LogP contribution in [0.5, 0.6) is 0 Å². The molecule has 3 heterocycles. The molecule has 0 spiro atoms. The molecular formula is C29H31F2N7O. The van der Waals surface area contributed by atoms with Crippen LogP contribution < -0.4 is 0 Å². The van der Waals surface area contributed by atoms with E-state index in [-0.39, 0.29) is 24.1 Å². The first kappa shape index (κ1) is 26.3. The molecule has 2 aliphatic heterocycles. The Labute approximate surface area is 226 Å². The molecule has 39 heavy (non-hydrogen) atoms. The van der Waals surface area contributed by atoms with E-state index in [4.69, 9.17) is 0 Å². The van der Waals surface area contributed by atoms with Crippen LogP contribution in [0.3, 0.4) is 0 Å². The minimum absolute atomic E-state index is 0.00810. The van der Waals surface area contributed by atoms with Gasteiger partial charge in [-0.1, -0.05) is 6.08 Å². The number of carbonyl (C=O) groups is 1. The summed E-state index contributed by atoms with van der Waals surface area (Å²) in [7, 11) is 3.95. The fraction of sp³-hybridized carbons (Fsp3) is 0.310. The molecule has 0 aliphatic carbocycles. The Kier molecular flexibility index (Phi) is 7.81. The number of benzene rings is 2. The third kappa shape index (κ3) is 6.22. The number of likely N-dealkylation sites (N-methyl/N-ethyl adjacent to an activating group) is 1. The zero-order valence-corrected chi connectivity index (χ0v) is 22.1. The summed E-state index contributed by atoms with van der Waals surface area (Å²) in [5.41, 5.74) is 2.48. The first-order chi connectivity index (χ1) is 18.9. The second-order valence-electron chi connectivity index (χ2n) is 9.74. The number of hydrogen-bond donors (Lipinski definition) is 0. The average molecular weight is 532 g/mol. The minimum atomic E-state index is -0.364. The van der Waals surface area contributed by atoms with Gasteiger partial charge in [-0.05, 0) is 67.4 Å². The number of allylic oxidation sites excluding steroid dienone is 2. The summed E-state index contributed by atoms with van der Waals surface area (Å²) in [6.45, 7) is 2.62. The molecule has 1 fully saturated rings. The molecular weight excluding hydrogens is 500 g/mol. The van der Waals surface area contributed by atoms with E-state index in [0.29, 0.717) is 35.9 Å². The topological polar surface area (TPSA) is 69.9 Å². The van der Waals surface area contributed by atoms with Gasteiger partial charge in [0.1, 0.15) is 24.0 Å². The molecule has 0 unspecified atom stereocenters. The van der Waals surface area contributed by atoms with Gasteiger partial charge in [-0.15, -0.1) is 5.10 Å². The maximum absolute atomic E-state index is 13.6. The average Bonchev–Trinajstić information content (AvgIpc) is 3.33. The van der Waals surface area contributed by atoms with Gasteiger partial charge in [-0.2, -0.15) is 0 Å².